The van der Waals surface area contributed by atoms with Gasteiger partial charge in [-0.25, -0.2) is 4.98 Å². The van der Waals surface area contributed by atoms with E-state index in [9.17, 15) is 14.9 Å². The van der Waals surface area contributed by atoms with Crippen molar-refractivity contribution in [3.63, 3.8) is 0 Å². The average molecular weight is 631 g/mol. The van der Waals surface area contributed by atoms with Crippen LogP contribution in [-0.2, 0) is 22.5 Å². The number of rotatable bonds is 12. The fourth-order valence-corrected chi connectivity index (χ4v) is 5.11. The van der Waals surface area contributed by atoms with E-state index in [4.69, 9.17) is 25.8 Å². The maximum atomic E-state index is 14.0. The molecule has 0 bridgehead atoms. The maximum absolute atomic E-state index is 14.0. The minimum Gasteiger partial charge on any atom is -0.497 e. The number of fused-ring (bicyclic) bond motifs is 1. The van der Waals surface area contributed by atoms with Gasteiger partial charge in [-0.05, 0) is 63.1 Å². The number of ether oxygens (including phenoxy) is 3. The summed E-state index contributed by atoms with van der Waals surface area (Å²) in [7, 11) is 4.72. The van der Waals surface area contributed by atoms with E-state index in [1.165, 1.54) is 20.3 Å². The normalized spacial score (nSPS) is 11.6. The minimum absolute atomic E-state index is 0.0413. The number of carbonyl (C=O) groups is 1. The molecule has 0 aliphatic rings. The summed E-state index contributed by atoms with van der Waals surface area (Å²) >= 11 is 6.67. The molecule has 0 saturated heterocycles. The van der Waals surface area contributed by atoms with E-state index in [-0.39, 0.29) is 16.2 Å². The Hall–Kier alpha value is -4.92. The Bertz CT molecular complexity index is 1840. The zero-order chi connectivity index (χ0) is 32.7. The molecule has 4 rings (SSSR count). The lowest BCUT2D eigenvalue weighted by molar-refractivity contribution is -0.112. The van der Waals surface area contributed by atoms with Crippen LogP contribution in [0.15, 0.2) is 65.1 Å². The third kappa shape index (κ3) is 7.60. The minimum atomic E-state index is -0.760. The van der Waals surface area contributed by atoms with Crippen molar-refractivity contribution >= 4 is 40.2 Å². The SMILES string of the molecule is CCOC(C)(C)/C=C(\C#N)C(=O)Nc1ccc(CCn2c(=O)c(-c3cc(OC)cc(OC)c3Cl)cc3cnc(NC)nc32)cc1. The standard InChI is InChI=1S/C33H35ClN6O5/c1-7-45-33(2,3)17-22(18-35)30(41)38-23-10-8-20(9-11-23)12-13-40-29-21(19-37-32(36-4)39-29)14-26(31(40)42)25-15-24(43-5)16-27(44-6)28(25)34/h8-11,14-17,19H,7,12-13H2,1-6H3,(H,38,41)(H,36,37,39)/b22-17+. The van der Waals surface area contributed by atoms with Crippen LogP contribution >= 0.6 is 11.6 Å². The number of aromatic nitrogens is 3. The highest BCUT2D eigenvalue weighted by Gasteiger charge is 2.21. The van der Waals surface area contributed by atoms with E-state index in [0.29, 0.717) is 64.9 Å². The molecule has 1 amide bonds. The summed E-state index contributed by atoms with van der Waals surface area (Å²) in [5.74, 6) is 0.712. The largest absolute Gasteiger partial charge is 0.497 e. The fourth-order valence-electron chi connectivity index (χ4n) is 4.82. The lowest BCUT2D eigenvalue weighted by Gasteiger charge is -2.20. The second kappa shape index (κ2) is 14.2. The molecule has 0 radical (unpaired) electrons. The monoisotopic (exact) mass is 630 g/mol. The van der Waals surface area contributed by atoms with Crippen molar-refractivity contribution in [2.45, 2.75) is 39.3 Å². The highest BCUT2D eigenvalue weighted by atomic mass is 35.5. The molecule has 45 heavy (non-hydrogen) atoms. The summed E-state index contributed by atoms with van der Waals surface area (Å²) in [6, 6.07) is 14.2. The molecule has 0 aliphatic carbocycles. The van der Waals surface area contributed by atoms with Crippen molar-refractivity contribution in [2.24, 2.45) is 0 Å². The van der Waals surface area contributed by atoms with E-state index in [1.807, 2.05) is 25.1 Å². The van der Waals surface area contributed by atoms with Gasteiger partial charge in [0.25, 0.3) is 11.5 Å². The summed E-state index contributed by atoms with van der Waals surface area (Å²) in [5, 5.41) is 16.1. The second-order valence-electron chi connectivity index (χ2n) is 10.5. The van der Waals surface area contributed by atoms with Gasteiger partial charge in [0.15, 0.2) is 0 Å². The number of benzene rings is 2. The van der Waals surface area contributed by atoms with Crippen LogP contribution in [0.25, 0.3) is 22.2 Å². The van der Waals surface area contributed by atoms with Gasteiger partial charge in [0, 0.05) is 54.7 Å². The number of pyridine rings is 1. The van der Waals surface area contributed by atoms with Gasteiger partial charge in [0.05, 0.1) is 24.8 Å². The van der Waals surface area contributed by atoms with Crippen LogP contribution in [0.4, 0.5) is 11.6 Å². The van der Waals surface area contributed by atoms with E-state index in [1.54, 1.807) is 62.0 Å². The van der Waals surface area contributed by atoms with Gasteiger partial charge in [-0.2, -0.15) is 10.2 Å². The van der Waals surface area contributed by atoms with Crippen LogP contribution in [0.3, 0.4) is 0 Å². The molecule has 0 atom stereocenters. The summed E-state index contributed by atoms with van der Waals surface area (Å²) in [4.78, 5) is 35.7. The third-order valence-electron chi connectivity index (χ3n) is 7.02. The first kappa shape index (κ1) is 33.0. The fraction of sp³-hybridized carbons (Fsp3) is 0.303. The summed E-state index contributed by atoms with van der Waals surface area (Å²) < 4.78 is 18.0. The molecular formula is C33H35ClN6O5. The molecular weight excluding hydrogens is 596 g/mol. The van der Waals surface area contributed by atoms with Crippen molar-refractivity contribution in [2.75, 3.05) is 38.5 Å². The third-order valence-corrected chi connectivity index (χ3v) is 7.41. The van der Waals surface area contributed by atoms with Crippen LogP contribution in [0.5, 0.6) is 11.5 Å². The van der Waals surface area contributed by atoms with Crippen molar-refractivity contribution < 1.29 is 19.0 Å². The zero-order valence-corrected chi connectivity index (χ0v) is 26.8. The lowest BCUT2D eigenvalue weighted by Crippen LogP contribution is -2.24. The number of halogens is 1. The van der Waals surface area contributed by atoms with Gasteiger partial charge in [-0.1, -0.05) is 23.7 Å². The highest BCUT2D eigenvalue weighted by molar-refractivity contribution is 6.35. The first-order valence-corrected chi connectivity index (χ1v) is 14.6. The number of nitrogens with one attached hydrogen (secondary N) is 2. The molecule has 234 valence electrons. The van der Waals surface area contributed by atoms with Crippen LogP contribution in [0, 0.1) is 11.3 Å². The Kier molecular flexibility index (Phi) is 10.4. The molecule has 2 N–H and O–H groups in total. The van der Waals surface area contributed by atoms with Crippen LogP contribution in [-0.4, -0.2) is 53.9 Å². The quantitative estimate of drug-likeness (QED) is 0.151. The summed E-state index contributed by atoms with van der Waals surface area (Å²) in [5.41, 5.74) is 1.61. The van der Waals surface area contributed by atoms with E-state index >= 15 is 0 Å². The first-order valence-electron chi connectivity index (χ1n) is 14.2. The Labute approximate surface area is 266 Å². The van der Waals surface area contributed by atoms with E-state index < -0.39 is 11.5 Å². The molecule has 2 heterocycles. The van der Waals surface area contributed by atoms with Crippen LogP contribution in [0.2, 0.25) is 5.02 Å². The predicted molar refractivity (Wildman–Crippen MR) is 175 cm³/mol. The van der Waals surface area contributed by atoms with Gasteiger partial charge in [0.1, 0.15) is 28.8 Å². The second-order valence-corrected chi connectivity index (χ2v) is 10.9. The van der Waals surface area contributed by atoms with Gasteiger partial charge < -0.3 is 24.8 Å². The van der Waals surface area contributed by atoms with Crippen LogP contribution in [0.1, 0.15) is 26.3 Å². The molecule has 0 unspecified atom stereocenters. The molecule has 11 nitrogen and oxygen atoms in total. The Balaban J connectivity index is 1.65. The number of hydrogen-bond donors (Lipinski definition) is 2. The first-order chi connectivity index (χ1) is 21.5. The van der Waals surface area contributed by atoms with Gasteiger partial charge in [-0.3, -0.25) is 14.2 Å². The Morgan fingerprint density at radius 2 is 1.87 bits per heavy atom. The van der Waals surface area contributed by atoms with E-state index in [2.05, 4.69) is 20.6 Å². The smallest absolute Gasteiger partial charge is 0.266 e. The van der Waals surface area contributed by atoms with Gasteiger partial charge in [0.2, 0.25) is 5.95 Å². The molecule has 0 spiro atoms. The number of hydrogen-bond acceptors (Lipinski definition) is 9. The topological polar surface area (TPSA) is 140 Å². The van der Waals surface area contributed by atoms with E-state index in [0.717, 1.165) is 5.56 Å². The lowest BCUT2D eigenvalue weighted by atomic mass is 10.0. The molecule has 2 aromatic heterocycles. The highest BCUT2D eigenvalue weighted by Crippen LogP contribution is 2.38. The molecule has 2 aromatic carbocycles. The van der Waals surface area contributed by atoms with Crippen LogP contribution < -0.4 is 25.7 Å². The van der Waals surface area contributed by atoms with Crippen molar-refractivity contribution in [1.82, 2.24) is 14.5 Å². The van der Waals surface area contributed by atoms with Gasteiger partial charge in [-0.15, -0.1) is 0 Å². The molecule has 4 aromatic rings. The van der Waals surface area contributed by atoms with Crippen molar-refractivity contribution in [1.29, 1.82) is 5.26 Å². The Morgan fingerprint density at radius 3 is 2.49 bits per heavy atom. The van der Waals surface area contributed by atoms with Gasteiger partial charge >= 0.3 is 0 Å². The number of aryl methyl sites for hydroxylation is 2. The summed E-state index contributed by atoms with van der Waals surface area (Å²) in [6.45, 7) is 6.16. The molecule has 0 fully saturated rings. The van der Waals surface area contributed by atoms with Crippen molar-refractivity contribution in [3.05, 3.63) is 81.3 Å². The number of nitrogens with zero attached hydrogens (tertiary/aromatic N) is 4. The number of amides is 1. The number of carbonyl (C=O) groups excluding carboxylic acids is 1. The number of anilines is 2. The predicted octanol–water partition coefficient (Wildman–Crippen LogP) is 5.62. The number of methoxy groups -OCH3 is 2. The Morgan fingerprint density at radius 1 is 1.13 bits per heavy atom. The molecule has 12 heteroatoms. The molecule has 0 saturated carbocycles. The maximum Gasteiger partial charge on any atom is 0.266 e. The number of nitriles is 1. The zero-order valence-electron chi connectivity index (χ0n) is 26.0. The average Bonchev–Trinajstić information content (AvgIpc) is 3.03. The van der Waals surface area contributed by atoms with Crippen molar-refractivity contribution in [3.8, 4) is 28.7 Å². The molecule has 0 aliphatic heterocycles. The summed E-state index contributed by atoms with van der Waals surface area (Å²) in [6.07, 6.45) is 3.64.